The van der Waals surface area contributed by atoms with Gasteiger partial charge in [-0.3, -0.25) is 9.59 Å². The number of rotatable bonds is 7. The highest BCUT2D eigenvalue weighted by molar-refractivity contribution is 6.31. The molecule has 3 rings (SSSR count). The predicted molar refractivity (Wildman–Crippen MR) is 116 cm³/mol. The van der Waals surface area contributed by atoms with Gasteiger partial charge in [-0.25, -0.2) is 0 Å². The zero-order valence-electron chi connectivity index (χ0n) is 18.3. The highest BCUT2D eigenvalue weighted by Crippen LogP contribution is 2.36. The third kappa shape index (κ3) is 6.62. The summed E-state index contributed by atoms with van der Waals surface area (Å²) in [5.41, 5.74) is -4.20. The van der Waals surface area contributed by atoms with E-state index in [0.717, 1.165) is 24.3 Å². The van der Waals surface area contributed by atoms with Crippen LogP contribution in [0.1, 0.15) is 57.5 Å². The van der Waals surface area contributed by atoms with Crippen molar-refractivity contribution in [1.82, 2.24) is 4.90 Å². The quantitative estimate of drug-likeness (QED) is 0.356. The summed E-state index contributed by atoms with van der Waals surface area (Å²) < 4.78 is 77.8. The van der Waals surface area contributed by atoms with E-state index in [9.17, 15) is 41.0 Å². The summed E-state index contributed by atoms with van der Waals surface area (Å²) >= 11 is 5.59. The highest BCUT2D eigenvalue weighted by Gasteiger charge is 2.41. The molecule has 2 aromatic carbocycles. The van der Waals surface area contributed by atoms with Gasteiger partial charge in [-0.2, -0.15) is 26.3 Å². The first-order chi connectivity index (χ1) is 16.2. The van der Waals surface area contributed by atoms with Crippen LogP contribution < -0.4 is 0 Å². The van der Waals surface area contributed by atoms with Crippen LogP contribution >= 0.6 is 11.6 Å². The molecule has 4 nitrogen and oxygen atoms in total. The van der Waals surface area contributed by atoms with Crippen molar-refractivity contribution in [3.63, 3.8) is 0 Å². The van der Waals surface area contributed by atoms with Gasteiger partial charge in [-0.15, -0.1) is 0 Å². The minimum atomic E-state index is -4.75. The lowest BCUT2D eigenvalue weighted by Crippen LogP contribution is -2.49. The number of alkyl halides is 6. The first-order valence-electron chi connectivity index (χ1n) is 10.8. The van der Waals surface area contributed by atoms with Crippen molar-refractivity contribution in [2.75, 3.05) is 19.6 Å². The molecule has 1 aliphatic heterocycles. The van der Waals surface area contributed by atoms with E-state index >= 15 is 0 Å². The minimum Gasteiger partial charge on any atom is -0.382 e. The lowest BCUT2D eigenvalue weighted by molar-refractivity contribution is -0.138. The summed E-state index contributed by atoms with van der Waals surface area (Å²) in [6.45, 7) is 0.938. The molecule has 1 N–H and O–H groups in total. The molecule has 1 heterocycles. The predicted octanol–water partition coefficient (Wildman–Crippen LogP) is 6.05. The number of hydrogen-bond donors (Lipinski definition) is 1. The van der Waals surface area contributed by atoms with Crippen molar-refractivity contribution in [1.29, 1.82) is 0 Å². The molecule has 35 heavy (non-hydrogen) atoms. The molecule has 0 bridgehead atoms. The number of nitrogens with zero attached hydrogens (tertiary/aromatic N) is 1. The van der Waals surface area contributed by atoms with Crippen molar-refractivity contribution >= 4 is 23.2 Å². The Labute approximate surface area is 202 Å². The van der Waals surface area contributed by atoms with E-state index in [1.807, 2.05) is 4.90 Å². The van der Waals surface area contributed by atoms with Crippen LogP contribution in [0.5, 0.6) is 0 Å². The second kappa shape index (κ2) is 10.3. The molecule has 1 aliphatic rings. The second-order valence-electron chi connectivity index (χ2n) is 8.50. The van der Waals surface area contributed by atoms with Gasteiger partial charge in [0.05, 0.1) is 16.1 Å². The molecule has 1 saturated heterocycles. The molecule has 0 unspecified atom stereocenters. The Morgan fingerprint density at radius 1 is 0.943 bits per heavy atom. The molecule has 0 atom stereocenters. The third-order valence-corrected chi connectivity index (χ3v) is 6.36. The van der Waals surface area contributed by atoms with Gasteiger partial charge in [-0.05, 0) is 56.1 Å². The number of benzene rings is 2. The fourth-order valence-electron chi connectivity index (χ4n) is 4.00. The van der Waals surface area contributed by atoms with Crippen molar-refractivity contribution in [3.05, 3.63) is 69.7 Å². The SMILES string of the molecule is O=C(CCCN1CCC(O)(C(=O)c2ccc(Cl)c(C(F)(F)F)c2)CC1)c1cccc(C(F)(F)F)c1. The normalized spacial score (nSPS) is 16.8. The van der Waals surface area contributed by atoms with Gasteiger partial charge in [0.25, 0.3) is 0 Å². The smallest absolute Gasteiger partial charge is 0.382 e. The van der Waals surface area contributed by atoms with E-state index in [4.69, 9.17) is 11.6 Å². The Morgan fingerprint density at radius 2 is 1.60 bits per heavy atom. The number of ketones is 2. The van der Waals surface area contributed by atoms with E-state index in [-0.39, 0.29) is 43.5 Å². The Morgan fingerprint density at radius 3 is 2.20 bits per heavy atom. The highest BCUT2D eigenvalue weighted by atomic mass is 35.5. The number of likely N-dealkylation sites (tertiary alicyclic amines) is 1. The summed E-state index contributed by atoms with van der Waals surface area (Å²) in [6.07, 6.45) is -8.95. The molecule has 0 spiro atoms. The number of hydrogen-bond acceptors (Lipinski definition) is 4. The maximum Gasteiger partial charge on any atom is 0.417 e. The average molecular weight is 522 g/mol. The van der Waals surface area contributed by atoms with Crippen LogP contribution in [0.4, 0.5) is 26.3 Å². The van der Waals surface area contributed by atoms with Crippen LogP contribution in [0.2, 0.25) is 5.02 Å². The average Bonchev–Trinajstić information content (AvgIpc) is 2.79. The van der Waals surface area contributed by atoms with Crippen molar-refractivity contribution in [2.24, 2.45) is 0 Å². The summed E-state index contributed by atoms with van der Waals surface area (Å²) in [4.78, 5) is 26.9. The van der Waals surface area contributed by atoms with Crippen molar-refractivity contribution in [2.45, 2.75) is 43.6 Å². The number of aliphatic hydroxyl groups is 1. The third-order valence-electron chi connectivity index (χ3n) is 6.03. The Hall–Kier alpha value is -2.43. The van der Waals surface area contributed by atoms with E-state index < -0.39 is 45.7 Å². The molecule has 0 aromatic heterocycles. The molecule has 0 amide bonds. The fraction of sp³-hybridized carbons (Fsp3) is 0.417. The number of carbonyl (C=O) groups is 2. The molecule has 11 heteroatoms. The van der Waals surface area contributed by atoms with Crippen LogP contribution in [0.25, 0.3) is 0 Å². The van der Waals surface area contributed by atoms with Crippen molar-refractivity contribution in [3.8, 4) is 0 Å². The van der Waals surface area contributed by atoms with E-state index in [2.05, 4.69) is 0 Å². The largest absolute Gasteiger partial charge is 0.417 e. The maximum absolute atomic E-state index is 13.1. The first-order valence-corrected chi connectivity index (χ1v) is 11.2. The number of carbonyl (C=O) groups excluding carboxylic acids is 2. The lowest BCUT2D eigenvalue weighted by atomic mass is 9.83. The summed E-state index contributed by atoms with van der Waals surface area (Å²) in [6, 6.07) is 6.95. The number of halogens is 7. The van der Waals surface area contributed by atoms with Gasteiger partial charge in [0, 0.05) is 30.6 Å². The van der Waals surface area contributed by atoms with Gasteiger partial charge in [0.1, 0.15) is 5.60 Å². The molecule has 0 radical (unpaired) electrons. The molecule has 0 aliphatic carbocycles. The van der Waals surface area contributed by atoms with E-state index in [0.29, 0.717) is 19.0 Å². The molecular weight excluding hydrogens is 500 g/mol. The van der Waals surface area contributed by atoms with Crippen LogP contribution in [0.15, 0.2) is 42.5 Å². The van der Waals surface area contributed by atoms with Crippen LogP contribution in [0, 0.1) is 0 Å². The van der Waals surface area contributed by atoms with Gasteiger partial charge in [0.2, 0.25) is 0 Å². The second-order valence-corrected chi connectivity index (χ2v) is 8.91. The number of Topliss-reactive ketones (excluding diaryl/α,β-unsaturated/α-hetero) is 2. The van der Waals surface area contributed by atoms with Gasteiger partial charge in [0.15, 0.2) is 11.6 Å². The monoisotopic (exact) mass is 521 g/mol. The van der Waals surface area contributed by atoms with E-state index in [1.165, 1.54) is 12.1 Å². The lowest BCUT2D eigenvalue weighted by Gasteiger charge is -2.37. The van der Waals surface area contributed by atoms with Gasteiger partial charge in [-0.1, -0.05) is 23.7 Å². The Kier molecular flexibility index (Phi) is 7.98. The van der Waals surface area contributed by atoms with Crippen LogP contribution in [-0.4, -0.2) is 46.8 Å². The molecule has 0 saturated carbocycles. The van der Waals surface area contributed by atoms with Gasteiger partial charge >= 0.3 is 12.4 Å². The van der Waals surface area contributed by atoms with E-state index in [1.54, 1.807) is 0 Å². The zero-order valence-corrected chi connectivity index (χ0v) is 19.1. The van der Waals surface area contributed by atoms with Gasteiger partial charge < -0.3 is 10.0 Å². The fourth-order valence-corrected chi connectivity index (χ4v) is 4.23. The molecular formula is C24H22ClF6NO3. The summed E-state index contributed by atoms with van der Waals surface area (Å²) in [7, 11) is 0. The Balaban J connectivity index is 1.54. The summed E-state index contributed by atoms with van der Waals surface area (Å²) in [5, 5.41) is 10.2. The molecule has 190 valence electrons. The molecule has 2 aromatic rings. The maximum atomic E-state index is 13.1. The van der Waals surface area contributed by atoms with Crippen LogP contribution in [-0.2, 0) is 12.4 Å². The molecule has 1 fully saturated rings. The standard InChI is InChI=1S/C24H22ClF6NO3/c25-19-7-6-16(14-18(19)24(29,30)31)21(34)22(35)8-11-32(12-9-22)10-2-5-20(33)15-3-1-4-17(13-15)23(26,27)28/h1,3-4,6-7,13-14,35H,2,5,8-12H2. The zero-order chi connectivity index (χ0) is 26.0. The topological polar surface area (TPSA) is 57.6 Å². The summed E-state index contributed by atoms with van der Waals surface area (Å²) in [5.74, 6) is -1.25. The minimum absolute atomic E-state index is 0.0165. The first kappa shape index (κ1) is 27.2. The Bertz CT molecular complexity index is 1090. The number of piperidine rings is 1. The van der Waals surface area contributed by atoms with Crippen LogP contribution in [0.3, 0.4) is 0 Å². The van der Waals surface area contributed by atoms with Crippen molar-refractivity contribution < 1.29 is 41.0 Å².